The van der Waals surface area contributed by atoms with Gasteiger partial charge in [-0.05, 0) is 18.8 Å². The van der Waals surface area contributed by atoms with Gasteiger partial charge in [-0.3, -0.25) is 4.79 Å². The second-order valence-electron chi connectivity index (χ2n) is 6.42. The maximum Gasteiger partial charge on any atom is 0.317 e. The van der Waals surface area contributed by atoms with Crippen LogP contribution >= 0.6 is 0 Å². The van der Waals surface area contributed by atoms with E-state index in [1.165, 1.54) is 6.92 Å². The number of carboxylic acids is 1. The lowest BCUT2D eigenvalue weighted by molar-refractivity contribution is -0.141. The SMILES string of the molecule is CC(C)CN(CC(C)C)C(=O)NCC(C)(O)CC(=O)O. The van der Waals surface area contributed by atoms with E-state index in [2.05, 4.69) is 5.32 Å². The van der Waals surface area contributed by atoms with E-state index in [9.17, 15) is 14.7 Å². The molecule has 20 heavy (non-hydrogen) atoms. The molecule has 2 amide bonds. The Balaban J connectivity index is 4.48. The molecule has 0 spiro atoms. The standard InChI is InChI=1S/C14H28N2O4/c1-10(2)7-16(8-11(3)4)13(19)15-9-14(5,20)6-12(17)18/h10-11,20H,6-9H2,1-5H3,(H,15,19)(H,17,18). The Bertz CT molecular complexity index is 317. The summed E-state index contributed by atoms with van der Waals surface area (Å²) in [6, 6.07) is -0.266. The quantitative estimate of drug-likeness (QED) is 0.632. The average Bonchev–Trinajstić information content (AvgIpc) is 2.22. The molecule has 0 bridgehead atoms. The van der Waals surface area contributed by atoms with E-state index in [0.29, 0.717) is 24.9 Å². The number of carboxylic acid groups (broad SMARTS) is 1. The van der Waals surface area contributed by atoms with E-state index in [0.717, 1.165) is 0 Å². The summed E-state index contributed by atoms with van der Waals surface area (Å²) < 4.78 is 0. The molecule has 0 saturated carbocycles. The van der Waals surface area contributed by atoms with Gasteiger partial charge >= 0.3 is 12.0 Å². The smallest absolute Gasteiger partial charge is 0.317 e. The highest BCUT2D eigenvalue weighted by Crippen LogP contribution is 2.09. The number of amides is 2. The number of aliphatic carboxylic acids is 1. The van der Waals surface area contributed by atoms with Crippen molar-refractivity contribution in [2.75, 3.05) is 19.6 Å². The van der Waals surface area contributed by atoms with Gasteiger partial charge in [0, 0.05) is 19.6 Å². The largest absolute Gasteiger partial charge is 0.481 e. The Labute approximate surface area is 121 Å². The molecule has 6 heteroatoms. The van der Waals surface area contributed by atoms with E-state index < -0.39 is 18.0 Å². The van der Waals surface area contributed by atoms with Gasteiger partial charge in [-0.15, -0.1) is 0 Å². The van der Waals surface area contributed by atoms with Crippen molar-refractivity contribution < 1.29 is 19.8 Å². The molecular formula is C14H28N2O4. The maximum atomic E-state index is 12.1. The van der Waals surface area contributed by atoms with Crippen LogP contribution in [0.15, 0.2) is 0 Å². The van der Waals surface area contributed by atoms with Crippen LogP contribution in [-0.2, 0) is 4.79 Å². The summed E-state index contributed by atoms with van der Waals surface area (Å²) in [6.45, 7) is 10.7. The monoisotopic (exact) mass is 288 g/mol. The fraction of sp³-hybridized carbons (Fsp3) is 0.857. The summed E-state index contributed by atoms with van der Waals surface area (Å²) >= 11 is 0. The first-order valence-corrected chi connectivity index (χ1v) is 7.00. The van der Waals surface area contributed by atoms with Gasteiger partial charge in [-0.25, -0.2) is 4.79 Å². The Morgan fingerprint density at radius 3 is 1.95 bits per heavy atom. The predicted molar refractivity (Wildman–Crippen MR) is 77.5 cm³/mol. The number of nitrogens with one attached hydrogen (secondary N) is 1. The van der Waals surface area contributed by atoms with Crippen LogP contribution in [0.1, 0.15) is 41.0 Å². The number of carbonyl (C=O) groups is 2. The number of rotatable bonds is 8. The second-order valence-corrected chi connectivity index (χ2v) is 6.42. The minimum atomic E-state index is -1.44. The lowest BCUT2D eigenvalue weighted by Crippen LogP contribution is -2.49. The molecule has 1 atom stereocenters. The summed E-state index contributed by atoms with van der Waals surface area (Å²) in [5.74, 6) is -0.400. The van der Waals surface area contributed by atoms with Crippen LogP contribution < -0.4 is 5.32 Å². The minimum Gasteiger partial charge on any atom is -0.481 e. The first kappa shape index (κ1) is 18.7. The maximum absolute atomic E-state index is 12.1. The minimum absolute atomic E-state index is 0.0785. The van der Waals surface area contributed by atoms with Gasteiger partial charge in [0.1, 0.15) is 0 Å². The zero-order chi connectivity index (χ0) is 15.9. The highest BCUT2D eigenvalue weighted by Gasteiger charge is 2.26. The fourth-order valence-corrected chi connectivity index (χ4v) is 1.89. The Hall–Kier alpha value is -1.30. The van der Waals surface area contributed by atoms with Crippen LogP contribution in [0.25, 0.3) is 0 Å². The van der Waals surface area contributed by atoms with E-state index in [4.69, 9.17) is 5.11 Å². The van der Waals surface area contributed by atoms with Gasteiger partial charge in [0.2, 0.25) is 0 Å². The molecule has 0 aromatic rings. The summed E-state index contributed by atoms with van der Waals surface area (Å²) in [5.41, 5.74) is -1.44. The molecule has 6 nitrogen and oxygen atoms in total. The van der Waals surface area contributed by atoms with Crippen LogP contribution in [0.2, 0.25) is 0 Å². The normalized spacial score (nSPS) is 14.2. The molecule has 0 aliphatic rings. The molecule has 0 aliphatic heterocycles. The first-order valence-electron chi connectivity index (χ1n) is 7.00. The zero-order valence-electron chi connectivity index (χ0n) is 13.1. The number of carbonyl (C=O) groups excluding carboxylic acids is 1. The highest BCUT2D eigenvalue weighted by atomic mass is 16.4. The second kappa shape index (κ2) is 8.09. The highest BCUT2D eigenvalue weighted by molar-refractivity contribution is 5.74. The molecule has 0 heterocycles. The lowest BCUT2D eigenvalue weighted by atomic mass is 10.0. The average molecular weight is 288 g/mol. The summed E-state index contributed by atoms with van der Waals surface area (Å²) in [4.78, 5) is 24.4. The van der Waals surface area contributed by atoms with Crippen molar-refractivity contribution in [1.29, 1.82) is 0 Å². The van der Waals surface area contributed by atoms with E-state index in [1.54, 1.807) is 4.90 Å². The summed E-state index contributed by atoms with van der Waals surface area (Å²) in [6.07, 6.45) is -0.401. The molecule has 0 saturated heterocycles. The van der Waals surface area contributed by atoms with Crippen molar-refractivity contribution in [1.82, 2.24) is 10.2 Å². The number of hydrogen-bond donors (Lipinski definition) is 3. The van der Waals surface area contributed by atoms with Crippen molar-refractivity contribution in [3.63, 3.8) is 0 Å². The van der Waals surface area contributed by atoms with Gasteiger partial charge in [-0.2, -0.15) is 0 Å². The van der Waals surface area contributed by atoms with Crippen LogP contribution in [0, 0.1) is 11.8 Å². The zero-order valence-corrected chi connectivity index (χ0v) is 13.1. The Morgan fingerprint density at radius 1 is 1.15 bits per heavy atom. The summed E-state index contributed by atoms with van der Waals surface area (Å²) in [7, 11) is 0. The van der Waals surface area contributed by atoms with Crippen molar-refractivity contribution >= 4 is 12.0 Å². The fourth-order valence-electron chi connectivity index (χ4n) is 1.89. The molecule has 0 rings (SSSR count). The van der Waals surface area contributed by atoms with Crippen molar-refractivity contribution in [3.8, 4) is 0 Å². The topological polar surface area (TPSA) is 89.9 Å². The molecule has 118 valence electrons. The van der Waals surface area contributed by atoms with Crippen LogP contribution in [0.4, 0.5) is 4.79 Å². The van der Waals surface area contributed by atoms with Crippen molar-refractivity contribution in [2.24, 2.45) is 11.8 Å². The van der Waals surface area contributed by atoms with Crippen molar-refractivity contribution in [3.05, 3.63) is 0 Å². The van der Waals surface area contributed by atoms with E-state index in [1.807, 2.05) is 27.7 Å². The number of hydrogen-bond acceptors (Lipinski definition) is 3. The van der Waals surface area contributed by atoms with Crippen LogP contribution in [-0.4, -0.2) is 52.3 Å². The predicted octanol–water partition coefficient (Wildman–Crippen LogP) is 1.54. The summed E-state index contributed by atoms with van der Waals surface area (Å²) in [5, 5.41) is 21.2. The van der Waals surface area contributed by atoms with Crippen LogP contribution in [0.5, 0.6) is 0 Å². The van der Waals surface area contributed by atoms with Gasteiger partial charge < -0.3 is 20.4 Å². The van der Waals surface area contributed by atoms with Gasteiger partial charge in [-0.1, -0.05) is 27.7 Å². The third-order valence-corrected chi connectivity index (χ3v) is 2.61. The molecule has 0 aromatic heterocycles. The molecule has 3 N–H and O–H groups in total. The third kappa shape index (κ3) is 8.74. The Kier molecular flexibility index (Phi) is 7.57. The van der Waals surface area contributed by atoms with Gasteiger partial charge in [0.05, 0.1) is 12.0 Å². The lowest BCUT2D eigenvalue weighted by Gasteiger charge is -2.29. The molecule has 0 aromatic carbocycles. The molecule has 0 radical (unpaired) electrons. The number of urea groups is 1. The third-order valence-electron chi connectivity index (χ3n) is 2.61. The van der Waals surface area contributed by atoms with E-state index >= 15 is 0 Å². The molecule has 0 fully saturated rings. The number of aliphatic hydroxyl groups is 1. The number of nitrogens with zero attached hydrogens (tertiary/aromatic N) is 1. The molecule has 1 unspecified atom stereocenters. The Morgan fingerprint density at radius 2 is 1.60 bits per heavy atom. The molecule has 0 aliphatic carbocycles. The first-order chi connectivity index (χ1) is 9.03. The van der Waals surface area contributed by atoms with Gasteiger partial charge in [0.25, 0.3) is 0 Å². The van der Waals surface area contributed by atoms with Gasteiger partial charge in [0.15, 0.2) is 0 Å². The van der Waals surface area contributed by atoms with Crippen LogP contribution in [0.3, 0.4) is 0 Å². The van der Waals surface area contributed by atoms with E-state index in [-0.39, 0.29) is 12.6 Å². The molecular weight excluding hydrogens is 260 g/mol. The van der Waals surface area contributed by atoms with Crippen molar-refractivity contribution in [2.45, 2.75) is 46.6 Å².